The van der Waals surface area contributed by atoms with Crippen LogP contribution in [0.15, 0.2) is 17.6 Å². The van der Waals surface area contributed by atoms with Gasteiger partial charge in [0, 0.05) is 20.5 Å². The second-order valence-electron chi connectivity index (χ2n) is 5.34. The molecule has 2 N–H and O–H groups in total. The summed E-state index contributed by atoms with van der Waals surface area (Å²) in [5, 5.41) is 19.0. The summed E-state index contributed by atoms with van der Waals surface area (Å²) in [6, 6.07) is 0. The predicted molar refractivity (Wildman–Crippen MR) is 78.8 cm³/mol. The van der Waals surface area contributed by atoms with Crippen molar-refractivity contribution in [1.29, 1.82) is 0 Å². The molecule has 0 unspecified atom stereocenters. The molecule has 3 rings (SSSR count). The lowest BCUT2D eigenvalue weighted by Gasteiger charge is -2.13. The highest BCUT2D eigenvalue weighted by Gasteiger charge is 2.35. The van der Waals surface area contributed by atoms with E-state index in [4.69, 9.17) is 4.74 Å². The minimum absolute atomic E-state index is 0.225. The van der Waals surface area contributed by atoms with Crippen molar-refractivity contribution in [3.8, 4) is 0 Å². The zero-order chi connectivity index (χ0) is 15.7. The number of aliphatic imine (C=N–C) groups is 1. The molecule has 0 bridgehead atoms. The highest BCUT2D eigenvalue weighted by molar-refractivity contribution is 5.82. The third-order valence-corrected chi connectivity index (χ3v) is 3.44. The topological polar surface area (TPSA) is 109 Å². The Bertz CT molecular complexity index is 685. The lowest BCUT2D eigenvalue weighted by molar-refractivity contribution is -0.0432. The Morgan fingerprint density at radius 2 is 2.27 bits per heavy atom. The van der Waals surface area contributed by atoms with Gasteiger partial charge in [0.1, 0.15) is 18.7 Å². The molecule has 9 nitrogen and oxygen atoms in total. The largest absolute Gasteiger partial charge is 0.394 e. The summed E-state index contributed by atoms with van der Waals surface area (Å²) in [4.78, 5) is 18.7. The maximum atomic E-state index is 9.85. The van der Waals surface area contributed by atoms with E-state index in [1.54, 1.807) is 22.1 Å². The van der Waals surface area contributed by atoms with E-state index >= 15 is 0 Å². The van der Waals surface area contributed by atoms with Crippen LogP contribution < -0.4 is 0 Å². The maximum absolute atomic E-state index is 9.85. The molecular weight excluding hydrogens is 288 g/mol. The summed E-state index contributed by atoms with van der Waals surface area (Å²) >= 11 is 0. The molecule has 0 amide bonds. The molecule has 0 spiro atoms. The first kappa shape index (κ1) is 14.8. The molecule has 1 aliphatic heterocycles. The average molecular weight is 306 g/mol. The van der Waals surface area contributed by atoms with E-state index in [9.17, 15) is 10.2 Å². The van der Waals surface area contributed by atoms with Crippen molar-refractivity contribution in [3.05, 3.63) is 12.7 Å². The number of fused-ring (bicyclic) bond motifs is 1. The number of imidazole rings is 1. The Balaban J connectivity index is 1.95. The fourth-order valence-corrected chi connectivity index (χ4v) is 2.37. The van der Waals surface area contributed by atoms with Crippen LogP contribution in [0.3, 0.4) is 0 Å². The SMILES string of the molecule is CN(C)C=Nc1ncnc2c1ncn2[C@H]1C[C@H](O)[C@H](CO)O1. The number of aliphatic hydroxyl groups is 2. The highest BCUT2D eigenvalue weighted by atomic mass is 16.5. The summed E-state index contributed by atoms with van der Waals surface area (Å²) < 4.78 is 7.36. The molecule has 1 aliphatic rings. The van der Waals surface area contributed by atoms with E-state index in [0.717, 1.165) is 0 Å². The Morgan fingerprint density at radius 3 is 2.95 bits per heavy atom. The van der Waals surface area contributed by atoms with Crippen molar-refractivity contribution in [2.45, 2.75) is 24.9 Å². The minimum atomic E-state index is -0.708. The molecule has 0 aliphatic carbocycles. The van der Waals surface area contributed by atoms with E-state index in [-0.39, 0.29) is 6.61 Å². The van der Waals surface area contributed by atoms with Crippen LogP contribution in [0, 0.1) is 0 Å². The summed E-state index contributed by atoms with van der Waals surface area (Å²) in [5.74, 6) is 0.467. The molecule has 118 valence electrons. The first-order valence-corrected chi connectivity index (χ1v) is 6.92. The first-order valence-electron chi connectivity index (χ1n) is 6.92. The monoisotopic (exact) mass is 306 g/mol. The van der Waals surface area contributed by atoms with Crippen molar-refractivity contribution in [2.24, 2.45) is 4.99 Å². The van der Waals surface area contributed by atoms with Crippen molar-refractivity contribution >= 4 is 23.3 Å². The molecule has 3 heterocycles. The van der Waals surface area contributed by atoms with Gasteiger partial charge < -0.3 is 19.8 Å². The molecule has 2 aromatic heterocycles. The lowest BCUT2D eigenvalue weighted by atomic mass is 10.2. The van der Waals surface area contributed by atoms with Crippen LogP contribution in [0.5, 0.6) is 0 Å². The van der Waals surface area contributed by atoms with Gasteiger partial charge in [-0.2, -0.15) is 0 Å². The fourth-order valence-electron chi connectivity index (χ4n) is 2.37. The third-order valence-electron chi connectivity index (χ3n) is 3.44. The summed E-state index contributed by atoms with van der Waals surface area (Å²) in [6.07, 6.45) is 3.30. The summed E-state index contributed by atoms with van der Waals surface area (Å²) in [7, 11) is 3.73. The number of hydrogen-bond acceptors (Lipinski definition) is 7. The Labute approximate surface area is 126 Å². The highest BCUT2D eigenvalue weighted by Crippen LogP contribution is 2.31. The average Bonchev–Trinajstić information content (AvgIpc) is 3.08. The van der Waals surface area contributed by atoms with E-state index < -0.39 is 18.4 Å². The Kier molecular flexibility index (Phi) is 4.01. The zero-order valence-corrected chi connectivity index (χ0v) is 12.4. The second kappa shape index (κ2) is 5.95. The Morgan fingerprint density at radius 1 is 1.45 bits per heavy atom. The van der Waals surface area contributed by atoms with E-state index in [0.29, 0.717) is 23.4 Å². The van der Waals surface area contributed by atoms with Crippen LogP contribution in [-0.4, -0.2) is 73.9 Å². The van der Waals surface area contributed by atoms with Crippen LogP contribution in [0.4, 0.5) is 5.82 Å². The van der Waals surface area contributed by atoms with Crippen LogP contribution in [-0.2, 0) is 4.74 Å². The number of ether oxygens (including phenoxy) is 1. The van der Waals surface area contributed by atoms with Crippen molar-refractivity contribution in [1.82, 2.24) is 24.4 Å². The molecule has 0 aromatic carbocycles. The fraction of sp³-hybridized carbons (Fsp3) is 0.538. The van der Waals surface area contributed by atoms with E-state index in [2.05, 4.69) is 19.9 Å². The van der Waals surface area contributed by atoms with Crippen LogP contribution in [0.1, 0.15) is 12.6 Å². The van der Waals surface area contributed by atoms with Gasteiger partial charge in [-0.25, -0.2) is 19.9 Å². The van der Waals surface area contributed by atoms with Gasteiger partial charge in [0.2, 0.25) is 0 Å². The van der Waals surface area contributed by atoms with Gasteiger partial charge in [-0.05, 0) is 0 Å². The van der Waals surface area contributed by atoms with Gasteiger partial charge in [0.05, 0.1) is 25.4 Å². The van der Waals surface area contributed by atoms with Gasteiger partial charge in [0.25, 0.3) is 0 Å². The molecule has 1 fully saturated rings. The molecule has 0 radical (unpaired) electrons. The third kappa shape index (κ3) is 2.65. The molecule has 9 heteroatoms. The van der Waals surface area contributed by atoms with Crippen molar-refractivity contribution in [3.63, 3.8) is 0 Å². The van der Waals surface area contributed by atoms with Crippen LogP contribution >= 0.6 is 0 Å². The molecular formula is C13H18N6O3. The standard InChI is InChI=1S/C13H18N6O3/c1-18(2)6-17-12-11-13(15-5-14-12)19(7-16-11)10-3-8(21)9(4-20)22-10/h5-10,20-21H,3-4H2,1-2H3/t8-,9-,10+/m0/s1. The minimum Gasteiger partial charge on any atom is -0.394 e. The van der Waals surface area contributed by atoms with Gasteiger partial charge in [-0.1, -0.05) is 0 Å². The summed E-state index contributed by atoms with van der Waals surface area (Å²) in [5.41, 5.74) is 1.14. The van der Waals surface area contributed by atoms with Crippen LogP contribution in [0.25, 0.3) is 11.2 Å². The molecule has 22 heavy (non-hydrogen) atoms. The number of nitrogens with zero attached hydrogens (tertiary/aromatic N) is 6. The Hall–Kier alpha value is -2.10. The molecule has 3 atom stereocenters. The van der Waals surface area contributed by atoms with Gasteiger partial charge >= 0.3 is 0 Å². The zero-order valence-electron chi connectivity index (χ0n) is 12.4. The van der Waals surface area contributed by atoms with Gasteiger partial charge in [-0.15, -0.1) is 0 Å². The van der Waals surface area contributed by atoms with E-state index in [1.165, 1.54) is 6.33 Å². The van der Waals surface area contributed by atoms with E-state index in [1.807, 2.05) is 14.1 Å². The second-order valence-corrected chi connectivity index (χ2v) is 5.34. The predicted octanol–water partition coefficient (Wildman–Crippen LogP) is -0.312. The number of rotatable bonds is 4. The summed E-state index contributed by atoms with van der Waals surface area (Å²) in [6.45, 7) is -0.225. The van der Waals surface area contributed by atoms with Gasteiger partial charge in [0.15, 0.2) is 17.0 Å². The molecule has 2 aromatic rings. The van der Waals surface area contributed by atoms with Crippen LogP contribution in [0.2, 0.25) is 0 Å². The number of hydrogen-bond donors (Lipinski definition) is 2. The number of aromatic nitrogens is 4. The molecule has 0 saturated carbocycles. The van der Waals surface area contributed by atoms with Gasteiger partial charge in [-0.3, -0.25) is 4.57 Å². The first-order chi connectivity index (χ1) is 10.6. The number of aliphatic hydroxyl groups excluding tert-OH is 2. The smallest absolute Gasteiger partial charge is 0.184 e. The molecule has 1 saturated heterocycles. The van der Waals surface area contributed by atoms with Crippen molar-refractivity contribution < 1.29 is 14.9 Å². The normalized spacial score (nSPS) is 25.4. The maximum Gasteiger partial charge on any atom is 0.184 e. The quantitative estimate of drug-likeness (QED) is 0.589. The van der Waals surface area contributed by atoms with Crippen molar-refractivity contribution in [2.75, 3.05) is 20.7 Å². The lowest BCUT2D eigenvalue weighted by Crippen LogP contribution is -2.24.